The molecule has 0 saturated carbocycles. The van der Waals surface area contributed by atoms with Gasteiger partial charge in [0, 0.05) is 25.2 Å². The Labute approximate surface area is 108 Å². The van der Waals surface area contributed by atoms with Gasteiger partial charge in [-0.25, -0.2) is 8.42 Å². The maximum absolute atomic E-state index is 12.5. The van der Waals surface area contributed by atoms with Gasteiger partial charge in [0.15, 0.2) is 5.03 Å². The second kappa shape index (κ2) is 5.38. The number of sulfonamides is 1. The highest BCUT2D eigenvalue weighted by atomic mass is 32.2. The van der Waals surface area contributed by atoms with Crippen molar-refractivity contribution >= 4 is 10.0 Å². The van der Waals surface area contributed by atoms with Crippen LogP contribution in [0.15, 0.2) is 11.2 Å². The van der Waals surface area contributed by atoms with Crippen molar-refractivity contribution in [1.82, 2.24) is 19.8 Å². The van der Waals surface area contributed by atoms with Crippen LogP contribution in [0.1, 0.15) is 25.8 Å². The predicted molar refractivity (Wildman–Crippen MR) is 68.5 cm³/mol. The molecule has 1 aromatic heterocycles. The largest absolute Gasteiger partial charge is 0.313 e. The van der Waals surface area contributed by atoms with E-state index in [2.05, 4.69) is 22.4 Å². The lowest BCUT2D eigenvalue weighted by molar-refractivity contribution is 0.460. The van der Waals surface area contributed by atoms with Crippen LogP contribution in [0.3, 0.4) is 0 Å². The zero-order chi connectivity index (χ0) is 13.2. The summed E-state index contributed by atoms with van der Waals surface area (Å²) in [6.45, 7) is 6.57. The van der Waals surface area contributed by atoms with Crippen molar-refractivity contribution in [3.63, 3.8) is 0 Å². The number of hydrogen-bond acceptors (Lipinski definition) is 4. The topological polar surface area (TPSA) is 78.1 Å². The van der Waals surface area contributed by atoms with E-state index in [1.807, 2.05) is 6.92 Å². The van der Waals surface area contributed by atoms with E-state index in [0.29, 0.717) is 31.1 Å². The molecule has 18 heavy (non-hydrogen) atoms. The summed E-state index contributed by atoms with van der Waals surface area (Å²) in [6, 6.07) is 0. The van der Waals surface area contributed by atoms with Gasteiger partial charge >= 0.3 is 0 Å². The second-order valence-electron chi connectivity index (χ2n) is 4.76. The Hall–Kier alpha value is -0.920. The number of nitrogens with one attached hydrogen (secondary N) is 2. The van der Waals surface area contributed by atoms with E-state index in [1.54, 1.807) is 10.5 Å². The number of hydrogen-bond donors (Lipinski definition) is 2. The second-order valence-corrected chi connectivity index (χ2v) is 6.64. The number of rotatable bonds is 5. The molecule has 1 atom stereocenters. The van der Waals surface area contributed by atoms with Gasteiger partial charge in [-0.2, -0.15) is 9.40 Å². The Bertz CT molecular complexity index is 497. The SMILES string of the molecule is CCNCc1cn[nH]c1S(=O)(=O)N1CCC(C)C1. The van der Waals surface area contributed by atoms with E-state index >= 15 is 0 Å². The first-order valence-electron chi connectivity index (χ1n) is 6.28. The standard InChI is InChI=1S/C11H20N4O2S/c1-3-12-6-10-7-13-14-11(10)18(16,17)15-5-4-9(2)8-15/h7,9,12H,3-6,8H2,1-2H3,(H,13,14). The fraction of sp³-hybridized carbons (Fsp3) is 0.727. The number of aromatic amines is 1. The number of aromatic nitrogens is 2. The molecule has 0 radical (unpaired) electrons. The van der Waals surface area contributed by atoms with Crippen LogP contribution in [0.25, 0.3) is 0 Å². The van der Waals surface area contributed by atoms with Gasteiger partial charge in [0.25, 0.3) is 10.0 Å². The van der Waals surface area contributed by atoms with Gasteiger partial charge < -0.3 is 5.32 Å². The van der Waals surface area contributed by atoms with Gasteiger partial charge in [-0.3, -0.25) is 5.10 Å². The van der Waals surface area contributed by atoms with E-state index in [9.17, 15) is 8.42 Å². The first-order chi connectivity index (χ1) is 8.55. The molecule has 2 heterocycles. The molecule has 2 N–H and O–H groups in total. The highest BCUT2D eigenvalue weighted by Gasteiger charge is 2.33. The molecule has 102 valence electrons. The Balaban J connectivity index is 2.22. The smallest absolute Gasteiger partial charge is 0.260 e. The molecule has 1 saturated heterocycles. The Kier molecular flexibility index (Phi) is 4.04. The summed E-state index contributed by atoms with van der Waals surface area (Å²) in [5, 5.41) is 9.84. The third-order valence-electron chi connectivity index (χ3n) is 3.23. The van der Waals surface area contributed by atoms with Crippen molar-refractivity contribution in [1.29, 1.82) is 0 Å². The van der Waals surface area contributed by atoms with Crippen molar-refractivity contribution < 1.29 is 8.42 Å². The van der Waals surface area contributed by atoms with Gasteiger partial charge in [-0.1, -0.05) is 13.8 Å². The number of H-pyrrole nitrogens is 1. The highest BCUT2D eigenvalue weighted by molar-refractivity contribution is 7.89. The molecule has 0 spiro atoms. The fourth-order valence-electron chi connectivity index (χ4n) is 2.15. The quantitative estimate of drug-likeness (QED) is 0.820. The third kappa shape index (κ3) is 2.57. The minimum Gasteiger partial charge on any atom is -0.313 e. The normalized spacial score (nSPS) is 21.6. The molecular formula is C11H20N4O2S. The molecule has 6 nitrogen and oxygen atoms in total. The molecule has 1 aromatic rings. The average molecular weight is 272 g/mol. The van der Waals surface area contributed by atoms with Crippen LogP contribution in [0.5, 0.6) is 0 Å². The monoisotopic (exact) mass is 272 g/mol. The molecule has 2 rings (SSSR count). The zero-order valence-electron chi connectivity index (χ0n) is 10.8. The Morgan fingerprint density at radius 2 is 2.39 bits per heavy atom. The Morgan fingerprint density at radius 3 is 3.00 bits per heavy atom. The van der Waals surface area contributed by atoms with Crippen LogP contribution in [-0.2, 0) is 16.6 Å². The lowest BCUT2D eigenvalue weighted by atomic mass is 10.2. The predicted octanol–water partition coefficient (Wildman–Crippen LogP) is 0.550. The first-order valence-corrected chi connectivity index (χ1v) is 7.72. The molecule has 1 fully saturated rings. The van der Waals surface area contributed by atoms with Crippen LogP contribution >= 0.6 is 0 Å². The van der Waals surface area contributed by atoms with Gasteiger partial charge in [0.05, 0.1) is 6.20 Å². The van der Waals surface area contributed by atoms with Gasteiger partial charge in [0.1, 0.15) is 0 Å². The zero-order valence-corrected chi connectivity index (χ0v) is 11.6. The molecule has 0 aliphatic carbocycles. The third-order valence-corrected chi connectivity index (χ3v) is 5.11. The average Bonchev–Trinajstić information content (AvgIpc) is 2.95. The van der Waals surface area contributed by atoms with Crippen molar-refractivity contribution in [2.75, 3.05) is 19.6 Å². The van der Waals surface area contributed by atoms with Gasteiger partial charge in [0.2, 0.25) is 0 Å². The molecule has 0 amide bonds. The lowest BCUT2D eigenvalue weighted by Gasteiger charge is -2.15. The molecule has 0 aromatic carbocycles. The number of nitrogens with zero attached hydrogens (tertiary/aromatic N) is 2. The van der Waals surface area contributed by atoms with E-state index < -0.39 is 10.0 Å². The molecule has 0 bridgehead atoms. The van der Waals surface area contributed by atoms with Crippen molar-refractivity contribution in [3.05, 3.63) is 11.8 Å². The van der Waals surface area contributed by atoms with E-state index in [4.69, 9.17) is 0 Å². The summed E-state index contributed by atoms with van der Waals surface area (Å²) in [7, 11) is -3.41. The van der Waals surface area contributed by atoms with E-state index in [1.165, 1.54) is 0 Å². The van der Waals surface area contributed by atoms with Crippen LogP contribution in [0.4, 0.5) is 0 Å². The Morgan fingerprint density at radius 1 is 1.61 bits per heavy atom. The summed E-state index contributed by atoms with van der Waals surface area (Å²) >= 11 is 0. The van der Waals surface area contributed by atoms with Crippen molar-refractivity contribution in [3.8, 4) is 0 Å². The van der Waals surface area contributed by atoms with Crippen LogP contribution in [0.2, 0.25) is 0 Å². The highest BCUT2D eigenvalue weighted by Crippen LogP contribution is 2.24. The van der Waals surface area contributed by atoms with E-state index in [-0.39, 0.29) is 5.03 Å². The van der Waals surface area contributed by atoms with E-state index in [0.717, 1.165) is 13.0 Å². The minimum atomic E-state index is -3.41. The minimum absolute atomic E-state index is 0.234. The summed E-state index contributed by atoms with van der Waals surface area (Å²) in [6.07, 6.45) is 2.50. The summed E-state index contributed by atoms with van der Waals surface area (Å²) in [5.74, 6) is 0.430. The first kappa shape index (κ1) is 13.5. The molecule has 1 aliphatic heterocycles. The summed E-state index contributed by atoms with van der Waals surface area (Å²) < 4.78 is 26.4. The van der Waals surface area contributed by atoms with Crippen LogP contribution in [0, 0.1) is 5.92 Å². The summed E-state index contributed by atoms with van der Waals surface area (Å²) in [5.41, 5.74) is 0.705. The molecule has 1 aliphatic rings. The van der Waals surface area contributed by atoms with Gasteiger partial charge in [-0.15, -0.1) is 0 Å². The maximum atomic E-state index is 12.5. The van der Waals surface area contributed by atoms with Crippen LogP contribution < -0.4 is 5.32 Å². The maximum Gasteiger partial charge on any atom is 0.260 e. The van der Waals surface area contributed by atoms with Gasteiger partial charge in [-0.05, 0) is 18.9 Å². The van der Waals surface area contributed by atoms with Crippen molar-refractivity contribution in [2.45, 2.75) is 31.8 Å². The summed E-state index contributed by atoms with van der Waals surface area (Å²) in [4.78, 5) is 0. The molecule has 1 unspecified atom stereocenters. The van der Waals surface area contributed by atoms with Crippen LogP contribution in [-0.4, -0.2) is 42.6 Å². The lowest BCUT2D eigenvalue weighted by Crippen LogP contribution is -2.30. The molecule has 7 heteroatoms. The molecular weight excluding hydrogens is 252 g/mol. The van der Waals surface area contributed by atoms with Crippen molar-refractivity contribution in [2.24, 2.45) is 5.92 Å². The fourth-order valence-corrected chi connectivity index (χ4v) is 3.83.